The van der Waals surface area contributed by atoms with E-state index in [1.165, 1.54) is 12.8 Å². The molecule has 0 N–H and O–H groups in total. The van der Waals surface area contributed by atoms with Crippen LogP contribution in [0.3, 0.4) is 0 Å². The predicted octanol–water partition coefficient (Wildman–Crippen LogP) is 1.71. The van der Waals surface area contributed by atoms with Gasteiger partial charge in [0.25, 0.3) is 0 Å². The van der Waals surface area contributed by atoms with E-state index in [-0.39, 0.29) is 0 Å². The summed E-state index contributed by atoms with van der Waals surface area (Å²) >= 11 is 0. The van der Waals surface area contributed by atoms with Gasteiger partial charge in [-0.25, -0.2) is 9.97 Å². The Kier molecular flexibility index (Phi) is 3.51. The van der Waals surface area contributed by atoms with Gasteiger partial charge in [0.1, 0.15) is 0 Å². The molecule has 66 valence electrons. The number of anilines is 1. The van der Waals surface area contributed by atoms with Crippen LogP contribution in [0.1, 0.15) is 19.8 Å². The lowest BCUT2D eigenvalue weighted by Gasteiger charge is -2.15. The normalized spacial score (nSPS) is 9.83. The average molecular weight is 165 g/mol. The van der Waals surface area contributed by atoms with Gasteiger partial charge in [-0.05, 0) is 12.5 Å². The van der Waals surface area contributed by atoms with E-state index in [0.29, 0.717) is 0 Å². The number of nitrogens with zero attached hydrogens (tertiary/aromatic N) is 3. The zero-order valence-electron chi connectivity index (χ0n) is 7.70. The van der Waals surface area contributed by atoms with Gasteiger partial charge in [-0.3, -0.25) is 0 Å². The summed E-state index contributed by atoms with van der Waals surface area (Å²) < 4.78 is 0. The Morgan fingerprint density at radius 2 is 2.00 bits per heavy atom. The van der Waals surface area contributed by atoms with Crippen LogP contribution in [0.15, 0.2) is 18.5 Å². The van der Waals surface area contributed by atoms with Crippen molar-refractivity contribution in [2.75, 3.05) is 18.5 Å². The van der Waals surface area contributed by atoms with Gasteiger partial charge in [0, 0.05) is 26.0 Å². The Labute approximate surface area is 73.5 Å². The van der Waals surface area contributed by atoms with Crippen LogP contribution in [-0.4, -0.2) is 23.6 Å². The van der Waals surface area contributed by atoms with Gasteiger partial charge in [0.2, 0.25) is 5.95 Å². The Morgan fingerprint density at radius 3 is 2.58 bits per heavy atom. The summed E-state index contributed by atoms with van der Waals surface area (Å²) in [6, 6.07) is 1.83. The molecule has 0 bridgehead atoms. The summed E-state index contributed by atoms with van der Waals surface area (Å²) in [6.45, 7) is 3.21. The molecule has 0 unspecified atom stereocenters. The summed E-state index contributed by atoms with van der Waals surface area (Å²) in [4.78, 5) is 10.4. The molecule has 3 nitrogen and oxygen atoms in total. The highest BCUT2D eigenvalue weighted by Gasteiger charge is 1.99. The van der Waals surface area contributed by atoms with Gasteiger partial charge < -0.3 is 4.90 Å². The topological polar surface area (TPSA) is 29.0 Å². The second-order valence-electron chi connectivity index (χ2n) is 2.82. The average Bonchev–Trinajstić information content (AvgIpc) is 2.15. The van der Waals surface area contributed by atoms with Crippen molar-refractivity contribution < 1.29 is 0 Å². The van der Waals surface area contributed by atoms with Crippen LogP contribution in [0.2, 0.25) is 0 Å². The van der Waals surface area contributed by atoms with Crippen LogP contribution in [0.4, 0.5) is 5.95 Å². The van der Waals surface area contributed by atoms with Gasteiger partial charge in [-0.2, -0.15) is 0 Å². The minimum absolute atomic E-state index is 0.811. The third kappa shape index (κ3) is 2.49. The number of hydrogen-bond acceptors (Lipinski definition) is 3. The fourth-order valence-electron chi connectivity index (χ4n) is 0.984. The van der Waals surface area contributed by atoms with E-state index in [2.05, 4.69) is 21.8 Å². The molecular formula is C9H15N3. The molecule has 0 aliphatic carbocycles. The van der Waals surface area contributed by atoms with Crippen LogP contribution >= 0.6 is 0 Å². The van der Waals surface area contributed by atoms with Gasteiger partial charge in [-0.15, -0.1) is 0 Å². The van der Waals surface area contributed by atoms with Crippen LogP contribution in [0.5, 0.6) is 0 Å². The second-order valence-corrected chi connectivity index (χ2v) is 2.82. The molecule has 12 heavy (non-hydrogen) atoms. The highest BCUT2D eigenvalue weighted by Crippen LogP contribution is 2.02. The Morgan fingerprint density at radius 1 is 1.33 bits per heavy atom. The lowest BCUT2D eigenvalue weighted by Crippen LogP contribution is -2.20. The van der Waals surface area contributed by atoms with Gasteiger partial charge >= 0.3 is 0 Å². The van der Waals surface area contributed by atoms with Crippen LogP contribution in [0, 0.1) is 0 Å². The number of unbranched alkanes of at least 4 members (excludes halogenated alkanes) is 1. The van der Waals surface area contributed by atoms with Gasteiger partial charge in [-0.1, -0.05) is 13.3 Å². The monoisotopic (exact) mass is 165 g/mol. The van der Waals surface area contributed by atoms with Crippen LogP contribution in [0.25, 0.3) is 0 Å². The SMILES string of the molecule is CCCCN(C)c1ncccn1. The van der Waals surface area contributed by atoms with Crippen LogP contribution in [-0.2, 0) is 0 Å². The van der Waals surface area contributed by atoms with E-state index >= 15 is 0 Å². The fourth-order valence-corrected chi connectivity index (χ4v) is 0.984. The molecule has 0 aliphatic rings. The fraction of sp³-hybridized carbons (Fsp3) is 0.556. The van der Waals surface area contributed by atoms with Crippen molar-refractivity contribution in [1.29, 1.82) is 0 Å². The third-order valence-electron chi connectivity index (χ3n) is 1.74. The highest BCUT2D eigenvalue weighted by atomic mass is 15.2. The third-order valence-corrected chi connectivity index (χ3v) is 1.74. The molecule has 1 heterocycles. The first-order chi connectivity index (χ1) is 5.84. The van der Waals surface area contributed by atoms with Crippen molar-refractivity contribution in [3.05, 3.63) is 18.5 Å². The molecule has 1 aromatic rings. The molecule has 0 fully saturated rings. The first-order valence-corrected chi connectivity index (χ1v) is 4.32. The van der Waals surface area contributed by atoms with Crippen molar-refractivity contribution in [2.45, 2.75) is 19.8 Å². The Hall–Kier alpha value is -1.12. The summed E-state index contributed by atoms with van der Waals surface area (Å²) in [5.41, 5.74) is 0. The zero-order valence-corrected chi connectivity index (χ0v) is 7.70. The lowest BCUT2D eigenvalue weighted by molar-refractivity contribution is 0.750. The van der Waals surface area contributed by atoms with Crippen molar-refractivity contribution in [3.8, 4) is 0 Å². The molecule has 3 heteroatoms. The lowest BCUT2D eigenvalue weighted by atomic mass is 10.3. The largest absolute Gasteiger partial charge is 0.344 e. The standard InChI is InChI=1S/C9H15N3/c1-3-4-8-12(2)9-10-6-5-7-11-9/h5-7H,3-4,8H2,1-2H3. The van der Waals surface area contributed by atoms with Crippen LogP contribution < -0.4 is 4.90 Å². The molecule has 1 aromatic heterocycles. The molecule has 0 aliphatic heterocycles. The first kappa shape index (κ1) is 8.97. The zero-order chi connectivity index (χ0) is 8.81. The van der Waals surface area contributed by atoms with E-state index < -0.39 is 0 Å². The molecule has 0 saturated heterocycles. The van der Waals surface area contributed by atoms with Crippen molar-refractivity contribution in [2.24, 2.45) is 0 Å². The molecule has 0 spiro atoms. The summed E-state index contributed by atoms with van der Waals surface area (Å²) in [7, 11) is 2.02. The molecule has 0 amide bonds. The Balaban J connectivity index is 2.48. The van der Waals surface area contributed by atoms with Gasteiger partial charge in [0.05, 0.1) is 0 Å². The van der Waals surface area contributed by atoms with E-state index in [4.69, 9.17) is 0 Å². The first-order valence-electron chi connectivity index (χ1n) is 4.32. The summed E-state index contributed by atoms with van der Waals surface area (Å²) in [5.74, 6) is 0.811. The van der Waals surface area contributed by atoms with E-state index in [1.807, 2.05) is 13.1 Å². The quantitative estimate of drug-likeness (QED) is 0.680. The smallest absolute Gasteiger partial charge is 0.224 e. The maximum atomic E-state index is 4.15. The molecule has 0 radical (unpaired) electrons. The van der Waals surface area contributed by atoms with E-state index in [1.54, 1.807) is 12.4 Å². The molecule has 0 atom stereocenters. The number of aromatic nitrogens is 2. The highest BCUT2D eigenvalue weighted by molar-refractivity contribution is 5.25. The molecular weight excluding hydrogens is 150 g/mol. The van der Waals surface area contributed by atoms with Crippen molar-refractivity contribution >= 4 is 5.95 Å². The molecule has 0 saturated carbocycles. The van der Waals surface area contributed by atoms with E-state index in [0.717, 1.165) is 12.5 Å². The van der Waals surface area contributed by atoms with E-state index in [9.17, 15) is 0 Å². The maximum Gasteiger partial charge on any atom is 0.224 e. The summed E-state index contributed by atoms with van der Waals surface area (Å²) in [5, 5.41) is 0. The number of hydrogen-bond donors (Lipinski definition) is 0. The van der Waals surface area contributed by atoms with Crippen molar-refractivity contribution in [1.82, 2.24) is 9.97 Å². The minimum Gasteiger partial charge on any atom is -0.344 e. The molecule has 1 rings (SSSR count). The number of rotatable bonds is 4. The maximum absolute atomic E-state index is 4.15. The second kappa shape index (κ2) is 4.70. The van der Waals surface area contributed by atoms with Crippen molar-refractivity contribution in [3.63, 3.8) is 0 Å². The minimum atomic E-state index is 0.811. The van der Waals surface area contributed by atoms with Gasteiger partial charge in [0.15, 0.2) is 0 Å². The predicted molar refractivity (Wildman–Crippen MR) is 50.2 cm³/mol. The summed E-state index contributed by atoms with van der Waals surface area (Å²) in [6.07, 6.45) is 5.93. The molecule has 0 aromatic carbocycles. The Bertz CT molecular complexity index is 210.